The number of rotatable bonds is 1. The van der Waals surface area contributed by atoms with Crippen molar-refractivity contribution in [3.63, 3.8) is 0 Å². The number of nitriles is 2. The summed E-state index contributed by atoms with van der Waals surface area (Å²) < 4.78 is 2.55. The Balaban J connectivity index is 1.14. The largest absolute Gasteiger partial charge is 0.308 e. The van der Waals surface area contributed by atoms with Gasteiger partial charge in [-0.15, -0.1) is 0 Å². The Kier molecular flexibility index (Phi) is 5.67. The van der Waals surface area contributed by atoms with Crippen LogP contribution in [0, 0.1) is 46.3 Å². The zero-order chi connectivity index (χ0) is 36.9. The molecule has 9 aliphatic carbocycles. The molecule has 0 radical (unpaired) electrons. The quantitative estimate of drug-likeness (QED) is 0.169. The Labute approximate surface area is 328 Å². The highest BCUT2D eigenvalue weighted by Gasteiger charge is 2.47. The average molecular weight is 724 g/mol. The monoisotopic (exact) mass is 723 g/mol. The minimum atomic E-state index is -0.0713. The van der Waals surface area contributed by atoms with E-state index < -0.39 is 0 Å². The van der Waals surface area contributed by atoms with Gasteiger partial charge in [-0.25, -0.2) is 0 Å². The molecule has 4 unspecified atom stereocenters. The van der Waals surface area contributed by atoms with Crippen molar-refractivity contribution in [1.29, 1.82) is 10.5 Å². The molecule has 3 nitrogen and oxygen atoms in total. The molecular weight excluding hydrogens is 679 g/mol. The van der Waals surface area contributed by atoms with Crippen LogP contribution in [0.5, 0.6) is 0 Å². The Morgan fingerprint density at radius 2 is 1.00 bits per heavy atom. The number of aromatic nitrogens is 1. The zero-order valence-electron chi connectivity index (χ0n) is 32.4. The topological polar surface area (TPSA) is 52.0 Å². The third-order valence-corrected chi connectivity index (χ3v) is 17.2. The molecule has 4 saturated carbocycles. The molecule has 5 aromatic carbocycles. The van der Waals surface area contributed by atoms with Crippen molar-refractivity contribution in [2.24, 2.45) is 23.7 Å². The third kappa shape index (κ3) is 3.66. The second-order valence-electron chi connectivity index (χ2n) is 20.3. The molecule has 8 bridgehead atoms. The predicted molar refractivity (Wildman–Crippen MR) is 225 cm³/mol. The van der Waals surface area contributed by atoms with Crippen molar-refractivity contribution < 1.29 is 0 Å². The molecule has 0 spiro atoms. The van der Waals surface area contributed by atoms with Gasteiger partial charge in [0.25, 0.3) is 0 Å². The number of hydrogen-bond donors (Lipinski definition) is 0. The van der Waals surface area contributed by atoms with E-state index in [2.05, 4.69) is 97.1 Å². The highest BCUT2D eigenvalue weighted by molar-refractivity contribution is 6.26. The summed E-state index contributed by atoms with van der Waals surface area (Å²) in [6.07, 6.45) is 12.8. The molecule has 0 saturated heterocycles. The smallest absolute Gasteiger partial charge is 0.0995 e. The maximum absolute atomic E-state index is 11.0. The first kappa shape index (κ1) is 31.0. The lowest BCUT2D eigenvalue weighted by Gasteiger charge is -2.38. The standard InChI is InChI=1S/C53H45N3/c1-53(2)42-6-4-3-5-38(42)39-8-7-30(21-43(39)53)31-19-40-50-44(22-36(24-54)46-32-11-26-9-27(12-32)16-34(15-26)48(46)50)56-45-23-37(25-55)47-33-13-28-10-29(14-33)18-35(17-28)49(47)51(45)41(20-31)52(40)56/h3-8,19-23,26-29,32-35H,9-18H2,1-2H3. The highest BCUT2D eigenvalue weighted by Crippen LogP contribution is 2.62. The lowest BCUT2D eigenvalue weighted by molar-refractivity contribution is 0.166. The Bertz CT molecular complexity index is 2880. The van der Waals surface area contributed by atoms with Crippen molar-refractivity contribution >= 4 is 38.1 Å². The first-order chi connectivity index (χ1) is 27.4. The van der Waals surface area contributed by atoms with E-state index in [4.69, 9.17) is 0 Å². The van der Waals surface area contributed by atoms with E-state index in [1.807, 2.05) is 0 Å². The molecule has 9 aliphatic rings. The van der Waals surface area contributed by atoms with E-state index >= 15 is 0 Å². The lowest BCUT2D eigenvalue weighted by Crippen LogP contribution is -2.25. The number of fused-ring (bicyclic) bond motifs is 9. The van der Waals surface area contributed by atoms with Crippen LogP contribution in [0.3, 0.4) is 0 Å². The molecule has 272 valence electrons. The van der Waals surface area contributed by atoms with Crippen molar-refractivity contribution in [3.05, 3.63) is 111 Å². The van der Waals surface area contributed by atoms with Gasteiger partial charge in [-0.2, -0.15) is 10.5 Å². The van der Waals surface area contributed by atoms with Gasteiger partial charge in [-0.3, -0.25) is 0 Å². The SMILES string of the molecule is CC1(C)c2ccccc2-c2ccc(-c3cc4c5c6c(c(C#N)cc5n5c7cc(C#N)c8c(c7c(c3)c45)C3CC4CC(CC8C4)C3)C3CC4CC(C3)CC6C4)cc21. The summed E-state index contributed by atoms with van der Waals surface area (Å²) in [6.45, 7) is 4.78. The lowest BCUT2D eigenvalue weighted by atomic mass is 9.67. The molecule has 7 aromatic rings. The number of benzene rings is 5. The van der Waals surface area contributed by atoms with Crippen LogP contribution in [0.15, 0.2) is 66.7 Å². The van der Waals surface area contributed by atoms with Crippen LogP contribution in [-0.4, -0.2) is 4.40 Å². The molecule has 2 aromatic heterocycles. The molecule has 0 amide bonds. The Morgan fingerprint density at radius 1 is 0.518 bits per heavy atom. The zero-order valence-corrected chi connectivity index (χ0v) is 32.4. The summed E-state index contributed by atoms with van der Waals surface area (Å²) >= 11 is 0. The normalized spacial score (nSPS) is 29.7. The van der Waals surface area contributed by atoms with Crippen molar-refractivity contribution in [2.75, 3.05) is 0 Å². The molecule has 56 heavy (non-hydrogen) atoms. The van der Waals surface area contributed by atoms with Gasteiger partial charge in [-0.05, 0) is 198 Å². The summed E-state index contributed by atoms with van der Waals surface area (Å²) in [5, 5.41) is 27.5. The van der Waals surface area contributed by atoms with Crippen molar-refractivity contribution in [2.45, 2.75) is 107 Å². The average Bonchev–Trinajstić information content (AvgIpc) is 3.68. The fourth-order valence-corrected chi connectivity index (χ4v) is 15.6. The van der Waals surface area contributed by atoms with Crippen LogP contribution in [-0.2, 0) is 5.41 Å². The summed E-state index contributed by atoms with van der Waals surface area (Å²) in [5.41, 5.74) is 19.4. The molecular formula is C53H45N3. The van der Waals surface area contributed by atoms with Gasteiger partial charge in [0.1, 0.15) is 0 Å². The first-order valence-electron chi connectivity index (χ1n) is 21.8. The summed E-state index contributed by atoms with van der Waals surface area (Å²) in [7, 11) is 0. The van der Waals surface area contributed by atoms with E-state index in [1.54, 1.807) is 0 Å². The maximum Gasteiger partial charge on any atom is 0.0995 e. The van der Waals surface area contributed by atoms with Crippen LogP contribution in [0.25, 0.3) is 60.3 Å². The van der Waals surface area contributed by atoms with Crippen molar-refractivity contribution in [3.8, 4) is 34.4 Å². The van der Waals surface area contributed by atoms with E-state index in [9.17, 15) is 10.5 Å². The second-order valence-corrected chi connectivity index (χ2v) is 20.3. The second kappa shape index (κ2) is 10.2. The Hall–Kier alpha value is -5.12. The van der Waals surface area contributed by atoms with Gasteiger partial charge in [0, 0.05) is 27.0 Å². The Morgan fingerprint density at radius 3 is 1.52 bits per heavy atom. The molecule has 0 N–H and O–H groups in total. The summed E-state index contributed by atoms with van der Waals surface area (Å²) in [6, 6.07) is 31.5. The highest BCUT2D eigenvalue weighted by atomic mass is 14.9. The summed E-state index contributed by atoms with van der Waals surface area (Å²) in [4.78, 5) is 0. The summed E-state index contributed by atoms with van der Waals surface area (Å²) in [5.74, 6) is 5.10. The van der Waals surface area contributed by atoms with Gasteiger partial charge in [-0.1, -0.05) is 50.2 Å². The van der Waals surface area contributed by atoms with Crippen molar-refractivity contribution in [1.82, 2.24) is 4.40 Å². The van der Waals surface area contributed by atoms with E-state index in [-0.39, 0.29) is 5.41 Å². The van der Waals surface area contributed by atoms with Crippen LogP contribution in [0.1, 0.15) is 146 Å². The third-order valence-electron chi connectivity index (χ3n) is 17.2. The minimum Gasteiger partial charge on any atom is -0.308 e. The molecule has 4 fully saturated rings. The van der Waals surface area contributed by atoms with Crippen LogP contribution in [0.2, 0.25) is 0 Å². The minimum absolute atomic E-state index is 0.0713. The van der Waals surface area contributed by atoms with E-state index in [0.29, 0.717) is 23.7 Å². The molecule has 3 heteroatoms. The van der Waals surface area contributed by atoms with E-state index in [0.717, 1.165) is 34.8 Å². The van der Waals surface area contributed by atoms with Gasteiger partial charge in [0.15, 0.2) is 0 Å². The number of hydrogen-bond acceptors (Lipinski definition) is 2. The predicted octanol–water partition coefficient (Wildman–Crippen LogP) is 13.3. The van der Waals surface area contributed by atoms with Gasteiger partial charge < -0.3 is 4.40 Å². The van der Waals surface area contributed by atoms with Crippen LogP contribution >= 0.6 is 0 Å². The maximum atomic E-state index is 11.0. The van der Waals surface area contributed by atoms with Crippen LogP contribution < -0.4 is 0 Å². The van der Waals surface area contributed by atoms with Gasteiger partial charge in [0.05, 0.1) is 39.8 Å². The van der Waals surface area contributed by atoms with E-state index in [1.165, 1.54) is 158 Å². The molecule has 4 atom stereocenters. The molecule has 16 rings (SSSR count). The van der Waals surface area contributed by atoms with Crippen LogP contribution in [0.4, 0.5) is 0 Å². The van der Waals surface area contributed by atoms with Gasteiger partial charge in [0.2, 0.25) is 0 Å². The molecule has 0 aliphatic heterocycles. The fourth-order valence-electron chi connectivity index (χ4n) is 15.6. The fraction of sp³-hybridized carbons (Fsp3) is 0.396. The first-order valence-corrected chi connectivity index (χ1v) is 21.8. The molecule has 2 heterocycles. The van der Waals surface area contributed by atoms with Gasteiger partial charge >= 0.3 is 0 Å². The number of nitrogens with zero attached hydrogens (tertiary/aromatic N) is 3.